The number of nitrogens with one attached hydrogen (secondary N) is 2. The standard InChI is InChI=1S/C9H16N2O2/c1-9(2,3)13-8(12)11-7-4-5-10-6-7/h4-5,7,10H,6H2,1-3H3,(H,11,12)/t7-/m1/s1. The second-order valence-corrected chi connectivity index (χ2v) is 4.02. The molecular formula is C9H16N2O2. The highest BCUT2D eigenvalue weighted by Crippen LogP contribution is 2.07. The maximum absolute atomic E-state index is 11.2. The molecule has 0 aromatic rings. The number of amides is 1. The molecule has 2 N–H and O–H groups in total. The molecule has 0 saturated carbocycles. The number of carbonyl (C=O) groups is 1. The van der Waals surface area contributed by atoms with Crippen LogP contribution in [0.15, 0.2) is 12.3 Å². The van der Waals surface area contributed by atoms with Crippen molar-refractivity contribution < 1.29 is 9.53 Å². The summed E-state index contributed by atoms with van der Waals surface area (Å²) in [6.07, 6.45) is 3.34. The van der Waals surface area contributed by atoms with Gasteiger partial charge in [-0.15, -0.1) is 0 Å². The molecule has 1 rings (SSSR count). The first-order chi connectivity index (χ1) is 5.97. The Kier molecular flexibility index (Phi) is 2.80. The van der Waals surface area contributed by atoms with Gasteiger partial charge in [-0.05, 0) is 33.0 Å². The van der Waals surface area contributed by atoms with Gasteiger partial charge in [0, 0.05) is 6.54 Å². The van der Waals surface area contributed by atoms with Crippen LogP contribution in [0.2, 0.25) is 0 Å². The fourth-order valence-electron chi connectivity index (χ4n) is 1.01. The van der Waals surface area contributed by atoms with Crippen LogP contribution < -0.4 is 10.6 Å². The van der Waals surface area contributed by atoms with Crippen molar-refractivity contribution in [1.29, 1.82) is 0 Å². The topological polar surface area (TPSA) is 50.4 Å². The minimum Gasteiger partial charge on any atom is -0.444 e. The highest BCUT2D eigenvalue weighted by atomic mass is 16.6. The molecule has 0 spiro atoms. The SMILES string of the molecule is CC(C)(C)OC(=O)N[C@@H]1C=CNC1. The molecule has 1 amide bonds. The Morgan fingerprint density at radius 3 is 2.77 bits per heavy atom. The Morgan fingerprint density at radius 1 is 1.62 bits per heavy atom. The van der Waals surface area contributed by atoms with Gasteiger partial charge >= 0.3 is 6.09 Å². The van der Waals surface area contributed by atoms with E-state index in [1.165, 1.54) is 0 Å². The maximum atomic E-state index is 11.2. The normalized spacial score (nSPS) is 21.0. The predicted octanol–water partition coefficient (Wildman–Crippen LogP) is 0.997. The molecule has 1 aliphatic heterocycles. The minimum absolute atomic E-state index is 0.0508. The van der Waals surface area contributed by atoms with Gasteiger partial charge in [0.05, 0.1) is 6.04 Å². The first kappa shape index (κ1) is 9.89. The van der Waals surface area contributed by atoms with Crippen LogP contribution in [0.4, 0.5) is 4.79 Å². The largest absolute Gasteiger partial charge is 0.444 e. The van der Waals surface area contributed by atoms with E-state index in [0.29, 0.717) is 0 Å². The fraction of sp³-hybridized carbons (Fsp3) is 0.667. The quantitative estimate of drug-likeness (QED) is 0.639. The lowest BCUT2D eigenvalue weighted by molar-refractivity contribution is 0.0516. The zero-order chi connectivity index (χ0) is 9.90. The van der Waals surface area contributed by atoms with E-state index in [9.17, 15) is 4.79 Å². The van der Waals surface area contributed by atoms with Crippen LogP contribution in [-0.4, -0.2) is 24.3 Å². The van der Waals surface area contributed by atoms with Crippen molar-refractivity contribution in [3.05, 3.63) is 12.3 Å². The van der Waals surface area contributed by atoms with Crippen LogP contribution in [0.3, 0.4) is 0 Å². The zero-order valence-electron chi connectivity index (χ0n) is 8.26. The molecule has 4 heteroatoms. The Morgan fingerprint density at radius 2 is 2.31 bits per heavy atom. The van der Waals surface area contributed by atoms with Crippen LogP contribution in [0.5, 0.6) is 0 Å². The summed E-state index contributed by atoms with van der Waals surface area (Å²) in [5, 5.41) is 5.71. The molecule has 74 valence electrons. The summed E-state index contributed by atoms with van der Waals surface area (Å²) < 4.78 is 5.09. The van der Waals surface area contributed by atoms with Gasteiger partial charge < -0.3 is 15.4 Å². The van der Waals surface area contributed by atoms with Crippen molar-refractivity contribution in [2.75, 3.05) is 6.54 Å². The molecule has 0 bridgehead atoms. The van der Waals surface area contributed by atoms with Crippen LogP contribution in [0, 0.1) is 0 Å². The van der Waals surface area contributed by atoms with Crippen LogP contribution in [0.1, 0.15) is 20.8 Å². The second-order valence-electron chi connectivity index (χ2n) is 4.02. The predicted molar refractivity (Wildman–Crippen MR) is 50.3 cm³/mol. The average Bonchev–Trinajstić information content (AvgIpc) is 2.34. The van der Waals surface area contributed by atoms with Gasteiger partial charge in [0.25, 0.3) is 0 Å². The Labute approximate surface area is 78.3 Å². The van der Waals surface area contributed by atoms with E-state index in [4.69, 9.17) is 4.74 Å². The number of hydrogen-bond donors (Lipinski definition) is 2. The van der Waals surface area contributed by atoms with Crippen molar-refractivity contribution in [1.82, 2.24) is 10.6 Å². The molecule has 0 saturated heterocycles. The summed E-state index contributed by atoms with van der Waals surface area (Å²) in [5.74, 6) is 0. The third-order valence-corrected chi connectivity index (χ3v) is 1.49. The zero-order valence-corrected chi connectivity index (χ0v) is 8.26. The van der Waals surface area contributed by atoms with Crippen molar-refractivity contribution in [2.24, 2.45) is 0 Å². The first-order valence-electron chi connectivity index (χ1n) is 4.37. The molecular weight excluding hydrogens is 168 g/mol. The molecule has 0 aromatic carbocycles. The fourth-order valence-corrected chi connectivity index (χ4v) is 1.01. The van der Waals surface area contributed by atoms with E-state index in [1.54, 1.807) is 0 Å². The smallest absolute Gasteiger partial charge is 0.408 e. The Balaban J connectivity index is 2.29. The molecule has 4 nitrogen and oxygen atoms in total. The lowest BCUT2D eigenvalue weighted by Gasteiger charge is -2.21. The average molecular weight is 184 g/mol. The van der Waals surface area contributed by atoms with E-state index in [2.05, 4.69) is 10.6 Å². The van der Waals surface area contributed by atoms with Gasteiger partial charge in [-0.3, -0.25) is 0 Å². The molecule has 0 aliphatic carbocycles. The van der Waals surface area contributed by atoms with E-state index in [-0.39, 0.29) is 12.1 Å². The third-order valence-electron chi connectivity index (χ3n) is 1.49. The molecule has 0 aromatic heterocycles. The summed E-state index contributed by atoms with van der Waals surface area (Å²) in [6.45, 7) is 6.26. The van der Waals surface area contributed by atoms with Crippen LogP contribution in [-0.2, 0) is 4.74 Å². The first-order valence-corrected chi connectivity index (χ1v) is 4.37. The summed E-state index contributed by atoms with van der Waals surface area (Å²) in [7, 11) is 0. The van der Waals surface area contributed by atoms with Crippen molar-refractivity contribution in [3.63, 3.8) is 0 Å². The number of ether oxygens (including phenoxy) is 1. The van der Waals surface area contributed by atoms with Gasteiger partial charge in [-0.2, -0.15) is 0 Å². The molecule has 0 radical (unpaired) electrons. The summed E-state index contributed by atoms with van der Waals surface area (Å²) >= 11 is 0. The maximum Gasteiger partial charge on any atom is 0.408 e. The number of alkyl carbamates (subject to hydrolysis) is 1. The lowest BCUT2D eigenvalue weighted by atomic mass is 10.2. The van der Waals surface area contributed by atoms with Gasteiger partial charge in [0.15, 0.2) is 0 Å². The molecule has 13 heavy (non-hydrogen) atoms. The number of rotatable bonds is 1. The van der Waals surface area contributed by atoms with Gasteiger partial charge in [-0.1, -0.05) is 0 Å². The lowest BCUT2D eigenvalue weighted by Crippen LogP contribution is -2.40. The number of carbonyl (C=O) groups excluding carboxylic acids is 1. The highest BCUT2D eigenvalue weighted by Gasteiger charge is 2.18. The molecule has 1 heterocycles. The molecule has 0 unspecified atom stereocenters. The molecule has 0 fully saturated rings. The second kappa shape index (κ2) is 3.68. The van der Waals surface area contributed by atoms with E-state index >= 15 is 0 Å². The third kappa shape index (κ3) is 3.83. The van der Waals surface area contributed by atoms with Gasteiger partial charge in [-0.25, -0.2) is 4.79 Å². The van der Waals surface area contributed by atoms with Gasteiger partial charge in [0.2, 0.25) is 0 Å². The highest BCUT2D eigenvalue weighted by molar-refractivity contribution is 5.68. The van der Waals surface area contributed by atoms with E-state index < -0.39 is 5.60 Å². The number of hydrogen-bond acceptors (Lipinski definition) is 3. The van der Waals surface area contributed by atoms with Crippen LogP contribution in [0.25, 0.3) is 0 Å². The Hall–Kier alpha value is -1.19. The summed E-state index contributed by atoms with van der Waals surface area (Å²) in [4.78, 5) is 11.2. The van der Waals surface area contributed by atoms with E-state index in [1.807, 2.05) is 33.0 Å². The van der Waals surface area contributed by atoms with E-state index in [0.717, 1.165) is 6.54 Å². The van der Waals surface area contributed by atoms with Crippen molar-refractivity contribution in [3.8, 4) is 0 Å². The van der Waals surface area contributed by atoms with Crippen molar-refractivity contribution >= 4 is 6.09 Å². The molecule has 1 atom stereocenters. The Bertz CT molecular complexity index is 218. The minimum atomic E-state index is -0.431. The molecule has 1 aliphatic rings. The monoisotopic (exact) mass is 184 g/mol. The van der Waals surface area contributed by atoms with Crippen molar-refractivity contribution in [2.45, 2.75) is 32.4 Å². The summed E-state index contributed by atoms with van der Waals surface area (Å²) in [5.41, 5.74) is -0.431. The summed E-state index contributed by atoms with van der Waals surface area (Å²) in [6, 6.07) is 0.0508. The van der Waals surface area contributed by atoms with Crippen LogP contribution >= 0.6 is 0 Å². The van der Waals surface area contributed by atoms with Gasteiger partial charge in [0.1, 0.15) is 5.60 Å².